The number of rotatable bonds is 15. The number of alkyl halides is 1. The molecule has 0 N–H and O–H groups in total. The van der Waals surface area contributed by atoms with Crippen molar-refractivity contribution in [3.63, 3.8) is 0 Å². The Morgan fingerprint density at radius 3 is 2.03 bits per heavy atom. The van der Waals surface area contributed by atoms with Gasteiger partial charge in [0.2, 0.25) is 0 Å². The van der Waals surface area contributed by atoms with Crippen LogP contribution in [0.5, 0.6) is 0 Å². The van der Waals surface area contributed by atoms with E-state index < -0.39 is 30.5 Å². The van der Waals surface area contributed by atoms with Crippen molar-refractivity contribution in [2.75, 3.05) is 62.2 Å². The lowest BCUT2D eigenvalue weighted by Crippen LogP contribution is -2.58. The van der Waals surface area contributed by atoms with Crippen LogP contribution in [0.4, 0.5) is 0 Å². The molecule has 1 aromatic rings. The maximum atomic E-state index is 6.47. The van der Waals surface area contributed by atoms with E-state index in [4.69, 9.17) is 54.2 Å². The first-order valence-corrected chi connectivity index (χ1v) is 11.5. The SMILES string of the molecule is COCOCC1O[C@@H](c2ccc(Cl)c(CBr)c2)C(OCOC)C(OCOC)[C@@H]1OCOC. The number of halogens is 2. The van der Waals surface area contributed by atoms with E-state index in [1.807, 2.05) is 18.2 Å². The van der Waals surface area contributed by atoms with Gasteiger partial charge in [0, 0.05) is 38.8 Å². The summed E-state index contributed by atoms with van der Waals surface area (Å²) in [5.41, 5.74) is 1.80. The third-order valence-corrected chi connectivity index (χ3v) is 5.77. The van der Waals surface area contributed by atoms with Crippen LogP contribution in [-0.4, -0.2) is 86.6 Å². The molecular weight excluding hydrogens is 512 g/mol. The minimum Gasteiger partial charge on any atom is -0.362 e. The van der Waals surface area contributed by atoms with Gasteiger partial charge in [-0.25, -0.2) is 0 Å². The normalized spacial score (nSPS) is 25.9. The molecule has 0 spiro atoms. The zero-order valence-corrected chi connectivity index (χ0v) is 21.1. The van der Waals surface area contributed by atoms with Gasteiger partial charge in [0.1, 0.15) is 57.7 Å². The molecule has 184 valence electrons. The van der Waals surface area contributed by atoms with E-state index in [1.54, 1.807) is 28.4 Å². The van der Waals surface area contributed by atoms with Gasteiger partial charge in [0.25, 0.3) is 0 Å². The summed E-state index contributed by atoms with van der Waals surface area (Å²) in [6.07, 6.45) is -2.73. The van der Waals surface area contributed by atoms with Crippen LogP contribution in [0.3, 0.4) is 0 Å². The fourth-order valence-corrected chi connectivity index (χ4v) is 4.26. The quantitative estimate of drug-likeness (QED) is 0.188. The lowest BCUT2D eigenvalue weighted by Gasteiger charge is -2.46. The number of hydrogen-bond acceptors (Lipinski definition) is 9. The van der Waals surface area contributed by atoms with E-state index >= 15 is 0 Å². The Labute approximate surface area is 202 Å². The zero-order valence-electron chi connectivity index (χ0n) is 18.8. The molecule has 0 aromatic heterocycles. The van der Waals surface area contributed by atoms with E-state index in [1.165, 1.54) is 0 Å². The van der Waals surface area contributed by atoms with Gasteiger partial charge in [-0.05, 0) is 17.2 Å². The Kier molecular flexibility index (Phi) is 13.5. The minimum atomic E-state index is -0.574. The van der Waals surface area contributed by atoms with Crippen LogP contribution < -0.4 is 0 Å². The number of hydrogen-bond donors (Lipinski definition) is 0. The summed E-state index contributed by atoms with van der Waals surface area (Å²) in [7, 11) is 6.20. The molecule has 0 bridgehead atoms. The van der Waals surface area contributed by atoms with Crippen LogP contribution in [0, 0.1) is 0 Å². The van der Waals surface area contributed by atoms with Crippen molar-refractivity contribution in [2.24, 2.45) is 0 Å². The summed E-state index contributed by atoms with van der Waals surface area (Å²) in [5, 5.41) is 1.25. The predicted octanol–water partition coefficient (Wildman–Crippen LogP) is 3.26. The fraction of sp³-hybridized carbons (Fsp3) is 0.714. The Balaban J connectivity index is 2.43. The topological polar surface area (TPSA) is 83.1 Å². The third-order valence-electron chi connectivity index (χ3n) is 4.79. The van der Waals surface area contributed by atoms with Gasteiger partial charge in [-0.1, -0.05) is 39.7 Å². The van der Waals surface area contributed by atoms with Gasteiger partial charge in [0.15, 0.2) is 0 Å². The standard InChI is InChI=1S/C21H32BrClO9/c1-24-10-28-9-17-19(29-11-25-2)21(31-13-27-4)20(30-12-26-3)18(32-17)14-5-6-16(23)15(7-14)8-22/h5-7,17-21H,8-13H2,1-4H3/t17?,18-,19+,20?,21?/m0/s1. The first-order valence-electron chi connectivity index (χ1n) is 9.99. The van der Waals surface area contributed by atoms with E-state index in [2.05, 4.69) is 15.9 Å². The molecule has 1 heterocycles. The molecule has 11 heteroatoms. The summed E-state index contributed by atoms with van der Waals surface area (Å²) in [5.74, 6) is 0. The lowest BCUT2D eigenvalue weighted by molar-refractivity contribution is -0.299. The summed E-state index contributed by atoms with van der Waals surface area (Å²) in [6, 6.07) is 5.71. The summed E-state index contributed by atoms with van der Waals surface area (Å²) in [6.45, 7) is 0.441. The molecule has 3 unspecified atom stereocenters. The molecule has 1 aliphatic rings. The van der Waals surface area contributed by atoms with Gasteiger partial charge >= 0.3 is 0 Å². The van der Waals surface area contributed by atoms with Crippen molar-refractivity contribution < 1.29 is 42.6 Å². The monoisotopic (exact) mass is 542 g/mol. The molecular formula is C21H32BrClO9. The number of ether oxygens (including phenoxy) is 9. The molecule has 2 rings (SSSR count). The first-order chi connectivity index (χ1) is 15.6. The van der Waals surface area contributed by atoms with Crippen LogP contribution in [0.25, 0.3) is 0 Å². The van der Waals surface area contributed by atoms with Gasteiger partial charge in [0.05, 0.1) is 6.61 Å². The minimum absolute atomic E-state index is 0.0377. The lowest BCUT2D eigenvalue weighted by atomic mass is 9.90. The largest absolute Gasteiger partial charge is 0.362 e. The number of benzene rings is 1. The summed E-state index contributed by atoms with van der Waals surface area (Å²) < 4.78 is 50.6. The Hall–Kier alpha value is -0.370. The molecule has 0 amide bonds. The van der Waals surface area contributed by atoms with Crippen LogP contribution >= 0.6 is 27.5 Å². The molecule has 32 heavy (non-hydrogen) atoms. The Bertz CT molecular complexity index is 654. The molecule has 1 fully saturated rings. The van der Waals surface area contributed by atoms with Gasteiger partial charge in [-0.3, -0.25) is 0 Å². The maximum absolute atomic E-state index is 6.47. The fourth-order valence-electron chi connectivity index (χ4n) is 3.45. The third kappa shape index (κ3) is 7.85. The smallest absolute Gasteiger partial charge is 0.146 e. The molecule has 1 aromatic carbocycles. The van der Waals surface area contributed by atoms with Crippen molar-refractivity contribution in [3.8, 4) is 0 Å². The van der Waals surface area contributed by atoms with Gasteiger partial charge in [-0.15, -0.1) is 0 Å². The van der Waals surface area contributed by atoms with E-state index in [0.29, 0.717) is 10.4 Å². The zero-order chi connectivity index (χ0) is 23.3. The highest BCUT2D eigenvalue weighted by atomic mass is 79.9. The average Bonchev–Trinajstić information content (AvgIpc) is 2.81. The second kappa shape index (κ2) is 15.5. The first kappa shape index (κ1) is 27.9. The molecule has 1 saturated heterocycles. The van der Waals surface area contributed by atoms with Crippen molar-refractivity contribution >= 4 is 27.5 Å². The molecule has 0 radical (unpaired) electrons. The second-order valence-corrected chi connectivity index (χ2v) is 7.94. The van der Waals surface area contributed by atoms with E-state index in [0.717, 1.165) is 11.1 Å². The molecule has 0 saturated carbocycles. The summed E-state index contributed by atoms with van der Waals surface area (Å²) >= 11 is 9.79. The molecule has 0 aliphatic carbocycles. The predicted molar refractivity (Wildman–Crippen MR) is 120 cm³/mol. The molecule has 9 nitrogen and oxygen atoms in total. The Morgan fingerprint density at radius 1 is 0.844 bits per heavy atom. The number of methoxy groups -OCH3 is 4. The van der Waals surface area contributed by atoms with Gasteiger partial charge < -0.3 is 42.6 Å². The highest BCUT2D eigenvalue weighted by molar-refractivity contribution is 9.08. The summed E-state index contributed by atoms with van der Waals surface area (Å²) in [4.78, 5) is 0. The van der Waals surface area contributed by atoms with Gasteiger partial charge in [-0.2, -0.15) is 0 Å². The van der Waals surface area contributed by atoms with Crippen molar-refractivity contribution in [2.45, 2.75) is 35.8 Å². The van der Waals surface area contributed by atoms with Crippen molar-refractivity contribution in [1.29, 1.82) is 0 Å². The second-order valence-electron chi connectivity index (χ2n) is 6.97. The Morgan fingerprint density at radius 2 is 1.44 bits per heavy atom. The molecule has 5 atom stereocenters. The highest BCUT2D eigenvalue weighted by Gasteiger charge is 2.49. The maximum Gasteiger partial charge on any atom is 0.146 e. The van der Waals surface area contributed by atoms with Crippen molar-refractivity contribution in [3.05, 3.63) is 34.3 Å². The van der Waals surface area contributed by atoms with Crippen LogP contribution in [-0.2, 0) is 48.0 Å². The average molecular weight is 544 g/mol. The molecule has 1 aliphatic heterocycles. The highest BCUT2D eigenvalue weighted by Crippen LogP contribution is 2.38. The van der Waals surface area contributed by atoms with E-state index in [9.17, 15) is 0 Å². The van der Waals surface area contributed by atoms with Crippen molar-refractivity contribution in [1.82, 2.24) is 0 Å². The van der Waals surface area contributed by atoms with Crippen LogP contribution in [0.15, 0.2) is 18.2 Å². The van der Waals surface area contributed by atoms with Crippen LogP contribution in [0.1, 0.15) is 17.2 Å². The van der Waals surface area contributed by atoms with Crippen LogP contribution in [0.2, 0.25) is 5.02 Å². The van der Waals surface area contributed by atoms with E-state index in [-0.39, 0.29) is 33.8 Å².